The quantitative estimate of drug-likeness (QED) is 0.308. The summed E-state index contributed by atoms with van der Waals surface area (Å²) in [6.45, 7) is 6.39. The Kier molecular flexibility index (Phi) is 6.96. The Bertz CT molecular complexity index is 1630. The summed E-state index contributed by atoms with van der Waals surface area (Å²) in [5.74, 6) is -0.635. The third-order valence-electron chi connectivity index (χ3n) is 8.18. The number of pyridine rings is 2. The van der Waals surface area contributed by atoms with Gasteiger partial charge in [-0.15, -0.1) is 0 Å². The molecular formula is C29H30F2N7O3+. The number of aromatic nitrogens is 4. The second kappa shape index (κ2) is 10.6. The summed E-state index contributed by atoms with van der Waals surface area (Å²) in [5.41, 5.74) is 2.75. The Hall–Kier alpha value is -4.29. The SMILES string of the molecule is Cc1c([N+]2(C(=O)O)CCC[C@H]2C)nc2cc(F)cc(F)c2c1Nc1cc(N2CCOCC2)ncc1-c1cncnc1. The number of likely N-dealkylation sites (tertiary alicyclic amines) is 1. The first kappa shape index (κ1) is 26.9. The topological polar surface area (TPSA) is 113 Å². The van der Waals surface area contributed by atoms with Gasteiger partial charge in [0.05, 0.1) is 47.6 Å². The molecule has 1 aromatic carbocycles. The first-order chi connectivity index (χ1) is 19.8. The van der Waals surface area contributed by atoms with E-state index in [1.54, 1.807) is 25.5 Å². The predicted octanol–water partition coefficient (Wildman–Crippen LogP) is 5.42. The molecule has 212 valence electrons. The second-order valence-electron chi connectivity index (χ2n) is 10.5. The lowest BCUT2D eigenvalue weighted by Gasteiger charge is -2.33. The normalized spacial score (nSPS) is 20.9. The van der Waals surface area contributed by atoms with E-state index in [0.717, 1.165) is 12.1 Å². The van der Waals surface area contributed by atoms with E-state index in [-0.39, 0.29) is 22.8 Å². The minimum absolute atomic E-state index is 0.0375. The summed E-state index contributed by atoms with van der Waals surface area (Å²) in [5, 5.41) is 13.9. The molecule has 0 bridgehead atoms. The molecule has 0 saturated carbocycles. The van der Waals surface area contributed by atoms with Crippen LogP contribution in [0.2, 0.25) is 0 Å². The zero-order chi connectivity index (χ0) is 28.7. The maximum atomic E-state index is 15.5. The van der Waals surface area contributed by atoms with Gasteiger partial charge in [0.2, 0.25) is 5.82 Å². The number of amides is 1. The van der Waals surface area contributed by atoms with Gasteiger partial charge in [-0.2, -0.15) is 14.3 Å². The van der Waals surface area contributed by atoms with E-state index in [0.29, 0.717) is 79.6 Å². The van der Waals surface area contributed by atoms with Crippen LogP contribution in [0.4, 0.5) is 36.6 Å². The predicted molar refractivity (Wildman–Crippen MR) is 151 cm³/mol. The number of halogens is 2. The maximum absolute atomic E-state index is 15.5. The number of fused-ring (bicyclic) bond motifs is 1. The number of hydrogen-bond acceptors (Lipinski definition) is 8. The average molecular weight is 563 g/mol. The van der Waals surface area contributed by atoms with Gasteiger partial charge in [-0.3, -0.25) is 0 Å². The molecule has 2 atom stereocenters. The van der Waals surface area contributed by atoms with Gasteiger partial charge in [0, 0.05) is 73.8 Å². The van der Waals surface area contributed by atoms with Crippen molar-refractivity contribution in [1.82, 2.24) is 24.4 Å². The molecule has 2 aliphatic rings. The summed E-state index contributed by atoms with van der Waals surface area (Å²) in [6, 6.07) is 3.55. The molecule has 10 nitrogen and oxygen atoms in total. The number of carboxylic acid groups (broad SMARTS) is 1. The third kappa shape index (κ3) is 4.62. The van der Waals surface area contributed by atoms with Crippen LogP contribution in [-0.2, 0) is 4.74 Å². The van der Waals surface area contributed by atoms with Crippen molar-refractivity contribution in [3.63, 3.8) is 0 Å². The summed E-state index contributed by atoms with van der Waals surface area (Å²) >= 11 is 0. The van der Waals surface area contributed by atoms with Crippen LogP contribution < -0.4 is 14.7 Å². The molecule has 2 fully saturated rings. The molecule has 2 N–H and O–H groups in total. The molecule has 1 amide bonds. The van der Waals surface area contributed by atoms with Crippen LogP contribution >= 0.6 is 0 Å². The smallest absolute Gasteiger partial charge is 0.435 e. The van der Waals surface area contributed by atoms with E-state index in [1.165, 1.54) is 6.33 Å². The van der Waals surface area contributed by atoms with Crippen molar-refractivity contribution in [3.8, 4) is 11.1 Å². The van der Waals surface area contributed by atoms with Crippen LogP contribution in [0.25, 0.3) is 22.0 Å². The van der Waals surface area contributed by atoms with E-state index >= 15 is 4.39 Å². The lowest BCUT2D eigenvalue weighted by Crippen LogP contribution is -2.56. The van der Waals surface area contributed by atoms with Crippen molar-refractivity contribution in [1.29, 1.82) is 0 Å². The largest absolute Gasteiger partial charge is 0.520 e. The molecule has 6 rings (SSSR count). The minimum atomic E-state index is -1.05. The molecule has 2 saturated heterocycles. The maximum Gasteiger partial charge on any atom is 0.520 e. The van der Waals surface area contributed by atoms with E-state index in [2.05, 4.69) is 30.2 Å². The number of carbonyl (C=O) groups is 1. The number of anilines is 3. The minimum Gasteiger partial charge on any atom is -0.435 e. The number of morpholine rings is 1. The monoisotopic (exact) mass is 562 g/mol. The van der Waals surface area contributed by atoms with Crippen LogP contribution in [0, 0.1) is 18.6 Å². The van der Waals surface area contributed by atoms with Gasteiger partial charge in [0.25, 0.3) is 0 Å². The molecule has 0 radical (unpaired) electrons. The molecule has 12 heteroatoms. The molecule has 0 spiro atoms. The standard InChI is InChI=1S/C29H29F2N7O3/c1-17-4-3-7-38(17,29(39)40)28-18(2)27(26-22(31)10-20(30)11-24(26)36-28)35-23-12-25(37-5-8-41-9-6-37)34-15-21(23)19-13-32-16-33-14-19/h10-17H,3-9H2,1-2H3,(H-,34,35,36,39,40)/p+1/t17-,38?/m1/s1. The molecule has 0 aliphatic carbocycles. The van der Waals surface area contributed by atoms with Gasteiger partial charge in [-0.05, 0) is 13.8 Å². The number of hydrogen-bond donors (Lipinski definition) is 2. The van der Waals surface area contributed by atoms with Crippen molar-refractivity contribution in [3.05, 3.63) is 60.3 Å². The van der Waals surface area contributed by atoms with Gasteiger partial charge in [0.1, 0.15) is 29.8 Å². The highest BCUT2D eigenvalue weighted by molar-refractivity contribution is 6.00. The lowest BCUT2D eigenvalue weighted by atomic mass is 10.0. The van der Waals surface area contributed by atoms with Gasteiger partial charge >= 0.3 is 6.09 Å². The van der Waals surface area contributed by atoms with Gasteiger partial charge in [0.15, 0.2) is 0 Å². The zero-order valence-corrected chi connectivity index (χ0v) is 22.8. The lowest BCUT2D eigenvalue weighted by molar-refractivity contribution is 0.122. The van der Waals surface area contributed by atoms with Crippen molar-refractivity contribution in [2.45, 2.75) is 32.7 Å². The van der Waals surface area contributed by atoms with Crippen LogP contribution in [0.15, 0.2) is 43.1 Å². The Morgan fingerprint density at radius 2 is 1.90 bits per heavy atom. The van der Waals surface area contributed by atoms with Crippen molar-refractivity contribution >= 4 is 40.0 Å². The van der Waals surface area contributed by atoms with E-state index in [4.69, 9.17) is 4.74 Å². The molecule has 1 unspecified atom stereocenters. The highest BCUT2D eigenvalue weighted by atomic mass is 19.1. The number of ether oxygens (including phenoxy) is 1. The molecule has 3 aromatic heterocycles. The van der Waals surface area contributed by atoms with E-state index in [9.17, 15) is 14.3 Å². The van der Waals surface area contributed by atoms with E-state index < -0.39 is 22.2 Å². The van der Waals surface area contributed by atoms with Crippen LogP contribution in [0.5, 0.6) is 0 Å². The molecule has 2 aliphatic heterocycles. The average Bonchev–Trinajstić information content (AvgIpc) is 3.37. The number of benzene rings is 1. The van der Waals surface area contributed by atoms with Gasteiger partial charge in [-0.25, -0.2) is 23.7 Å². The fourth-order valence-corrected chi connectivity index (χ4v) is 6.02. The summed E-state index contributed by atoms with van der Waals surface area (Å²) in [7, 11) is 0. The fraction of sp³-hybridized carbons (Fsp3) is 0.345. The Morgan fingerprint density at radius 3 is 2.59 bits per heavy atom. The van der Waals surface area contributed by atoms with Gasteiger partial charge < -0.3 is 20.1 Å². The Morgan fingerprint density at radius 1 is 1.15 bits per heavy atom. The first-order valence-corrected chi connectivity index (χ1v) is 13.6. The zero-order valence-electron chi connectivity index (χ0n) is 22.8. The van der Waals surface area contributed by atoms with E-state index in [1.807, 2.05) is 13.0 Å². The molecular weight excluding hydrogens is 532 g/mol. The van der Waals surface area contributed by atoms with Crippen molar-refractivity contribution < 1.29 is 23.4 Å². The van der Waals surface area contributed by atoms with Crippen molar-refractivity contribution in [2.24, 2.45) is 0 Å². The Balaban J connectivity index is 1.59. The Labute approximate surface area is 235 Å². The summed E-state index contributed by atoms with van der Waals surface area (Å²) in [4.78, 5) is 32.5. The highest BCUT2D eigenvalue weighted by Crippen LogP contribution is 2.44. The number of nitrogens with zero attached hydrogens (tertiary/aromatic N) is 6. The molecule has 4 aromatic rings. The number of rotatable bonds is 5. The van der Waals surface area contributed by atoms with Crippen LogP contribution in [-0.4, -0.2) is 70.0 Å². The summed E-state index contributed by atoms with van der Waals surface area (Å²) < 4.78 is 35.1. The van der Waals surface area contributed by atoms with Crippen LogP contribution in [0.1, 0.15) is 25.3 Å². The summed E-state index contributed by atoms with van der Waals surface area (Å²) in [6.07, 6.45) is 6.77. The van der Waals surface area contributed by atoms with Crippen LogP contribution in [0.3, 0.4) is 0 Å². The third-order valence-corrected chi connectivity index (χ3v) is 8.18. The van der Waals surface area contributed by atoms with Gasteiger partial charge in [-0.1, -0.05) is 0 Å². The highest BCUT2D eigenvalue weighted by Gasteiger charge is 2.51. The van der Waals surface area contributed by atoms with Crippen molar-refractivity contribution in [2.75, 3.05) is 43.1 Å². The first-order valence-electron chi connectivity index (χ1n) is 13.6. The molecule has 5 heterocycles. The number of quaternary nitrogens is 1. The second-order valence-corrected chi connectivity index (χ2v) is 10.5. The molecule has 41 heavy (non-hydrogen) atoms. The number of nitrogens with one attached hydrogen (secondary N) is 1. The fourth-order valence-electron chi connectivity index (χ4n) is 6.02.